The fourth-order valence-corrected chi connectivity index (χ4v) is 3.72. The van der Waals surface area contributed by atoms with Crippen molar-refractivity contribution in [1.82, 2.24) is 19.3 Å². The van der Waals surface area contributed by atoms with Crippen molar-refractivity contribution in [3.8, 4) is 16.9 Å². The summed E-state index contributed by atoms with van der Waals surface area (Å²) in [5.41, 5.74) is 4.82. The topological polar surface area (TPSA) is 64.7 Å². The van der Waals surface area contributed by atoms with Crippen molar-refractivity contribution in [3.05, 3.63) is 120 Å². The first-order chi connectivity index (χ1) is 16.2. The van der Waals surface area contributed by atoms with Gasteiger partial charge in [-0.1, -0.05) is 60.7 Å². The second-order valence-corrected chi connectivity index (χ2v) is 7.79. The molecule has 0 aliphatic rings. The number of hydrogen-bond acceptors (Lipinski definition) is 3. The largest absolute Gasteiger partial charge is 0.331 e. The molecular weight excluding hydrogens is 410 g/mol. The second kappa shape index (κ2) is 8.96. The predicted octanol–water partition coefficient (Wildman–Crippen LogP) is 5.34. The number of nitrogens with zero attached hydrogens (tertiary/aromatic N) is 4. The number of aromatic nitrogens is 4. The van der Waals surface area contributed by atoms with Crippen LogP contribution in [0, 0.1) is 6.92 Å². The zero-order valence-corrected chi connectivity index (χ0v) is 18.2. The van der Waals surface area contributed by atoms with E-state index >= 15 is 0 Å². The first kappa shape index (κ1) is 20.5. The van der Waals surface area contributed by atoms with E-state index in [1.807, 2.05) is 98.0 Å². The van der Waals surface area contributed by atoms with E-state index in [1.54, 1.807) is 17.1 Å². The van der Waals surface area contributed by atoms with Crippen LogP contribution < -0.4 is 5.32 Å². The van der Waals surface area contributed by atoms with Crippen molar-refractivity contribution in [2.24, 2.45) is 0 Å². The van der Waals surface area contributed by atoms with Gasteiger partial charge in [0.25, 0.3) is 5.91 Å². The lowest BCUT2D eigenvalue weighted by atomic mass is 10.1. The SMILES string of the molecule is Cc1nccn1Cc1ccc(NC(=O)c2cn(-c3ccccc3)nc2-c2ccccc2)cc1. The van der Waals surface area contributed by atoms with Gasteiger partial charge in [0, 0.05) is 36.4 Å². The molecule has 1 N–H and O–H groups in total. The Morgan fingerprint density at radius 2 is 1.61 bits per heavy atom. The summed E-state index contributed by atoms with van der Waals surface area (Å²) in [5, 5.41) is 7.74. The highest BCUT2D eigenvalue weighted by Crippen LogP contribution is 2.25. The van der Waals surface area contributed by atoms with Crippen LogP contribution in [0.25, 0.3) is 16.9 Å². The summed E-state index contributed by atoms with van der Waals surface area (Å²) in [5.74, 6) is 0.769. The maximum atomic E-state index is 13.3. The third-order valence-electron chi connectivity index (χ3n) is 5.52. The van der Waals surface area contributed by atoms with Crippen LogP contribution in [-0.4, -0.2) is 25.2 Å². The summed E-state index contributed by atoms with van der Waals surface area (Å²) >= 11 is 0. The molecule has 0 saturated carbocycles. The Morgan fingerprint density at radius 1 is 0.909 bits per heavy atom. The van der Waals surface area contributed by atoms with Gasteiger partial charge in [0.2, 0.25) is 0 Å². The van der Waals surface area contributed by atoms with Crippen LogP contribution in [0.1, 0.15) is 21.7 Å². The van der Waals surface area contributed by atoms with E-state index in [4.69, 9.17) is 5.10 Å². The first-order valence-corrected chi connectivity index (χ1v) is 10.8. The zero-order valence-electron chi connectivity index (χ0n) is 18.2. The van der Waals surface area contributed by atoms with Crippen molar-refractivity contribution in [2.45, 2.75) is 13.5 Å². The van der Waals surface area contributed by atoms with E-state index in [1.165, 1.54) is 0 Å². The Kier molecular flexibility index (Phi) is 5.55. The van der Waals surface area contributed by atoms with Crippen molar-refractivity contribution in [2.75, 3.05) is 5.32 Å². The molecule has 6 heteroatoms. The van der Waals surface area contributed by atoms with Crippen LogP contribution in [-0.2, 0) is 6.54 Å². The number of anilines is 1. The molecule has 0 aliphatic carbocycles. The van der Waals surface area contributed by atoms with Gasteiger partial charge in [-0.25, -0.2) is 9.67 Å². The molecule has 0 radical (unpaired) electrons. The Bertz CT molecular complexity index is 1370. The predicted molar refractivity (Wildman–Crippen MR) is 129 cm³/mol. The molecule has 33 heavy (non-hydrogen) atoms. The van der Waals surface area contributed by atoms with Crippen LogP contribution in [0.2, 0.25) is 0 Å². The lowest BCUT2D eigenvalue weighted by Gasteiger charge is -2.08. The molecule has 0 unspecified atom stereocenters. The van der Waals surface area contributed by atoms with Gasteiger partial charge < -0.3 is 9.88 Å². The number of para-hydroxylation sites is 1. The monoisotopic (exact) mass is 433 g/mol. The standard InChI is InChI=1S/C27H23N5O/c1-20-28-16-17-31(20)18-21-12-14-23(15-13-21)29-27(33)25-19-32(24-10-6-3-7-11-24)30-26(25)22-8-4-2-5-9-22/h2-17,19H,18H2,1H3,(H,29,33). The number of benzene rings is 3. The summed E-state index contributed by atoms with van der Waals surface area (Å²) < 4.78 is 3.82. The second-order valence-electron chi connectivity index (χ2n) is 7.79. The van der Waals surface area contributed by atoms with Crippen molar-refractivity contribution in [3.63, 3.8) is 0 Å². The van der Waals surface area contributed by atoms with E-state index < -0.39 is 0 Å². The molecule has 2 heterocycles. The minimum absolute atomic E-state index is 0.200. The van der Waals surface area contributed by atoms with Gasteiger partial charge in [-0.2, -0.15) is 5.10 Å². The third-order valence-corrected chi connectivity index (χ3v) is 5.52. The third kappa shape index (κ3) is 4.45. The van der Waals surface area contributed by atoms with Gasteiger partial charge in [0.05, 0.1) is 11.3 Å². The molecule has 3 aromatic carbocycles. The molecule has 0 saturated heterocycles. The smallest absolute Gasteiger partial charge is 0.259 e. The van der Waals surface area contributed by atoms with E-state index in [-0.39, 0.29) is 5.91 Å². The van der Waals surface area contributed by atoms with Crippen molar-refractivity contribution < 1.29 is 4.79 Å². The van der Waals surface area contributed by atoms with Crippen molar-refractivity contribution >= 4 is 11.6 Å². The molecule has 2 aromatic heterocycles. The fourth-order valence-electron chi connectivity index (χ4n) is 3.72. The molecule has 0 bridgehead atoms. The number of imidazole rings is 1. The highest BCUT2D eigenvalue weighted by molar-refractivity contribution is 6.08. The lowest BCUT2D eigenvalue weighted by Crippen LogP contribution is -2.12. The molecule has 5 rings (SSSR count). The summed E-state index contributed by atoms with van der Waals surface area (Å²) in [6.07, 6.45) is 5.54. The van der Waals surface area contributed by atoms with Crippen LogP contribution in [0.4, 0.5) is 5.69 Å². The van der Waals surface area contributed by atoms with Gasteiger partial charge in [0.1, 0.15) is 11.5 Å². The minimum atomic E-state index is -0.200. The van der Waals surface area contributed by atoms with Gasteiger partial charge in [-0.05, 0) is 36.8 Å². The molecule has 1 amide bonds. The lowest BCUT2D eigenvalue weighted by molar-refractivity contribution is 0.102. The fraction of sp³-hybridized carbons (Fsp3) is 0.0741. The summed E-state index contributed by atoms with van der Waals surface area (Å²) in [6, 6.07) is 27.4. The highest BCUT2D eigenvalue weighted by atomic mass is 16.1. The van der Waals surface area contributed by atoms with Gasteiger partial charge in [0.15, 0.2) is 0 Å². The molecule has 0 fully saturated rings. The Labute approximate surface area is 192 Å². The van der Waals surface area contributed by atoms with Crippen LogP contribution in [0.3, 0.4) is 0 Å². The number of carbonyl (C=O) groups excluding carboxylic acids is 1. The zero-order chi connectivity index (χ0) is 22.6. The maximum absolute atomic E-state index is 13.3. The van der Waals surface area contributed by atoms with Gasteiger partial charge in [-0.15, -0.1) is 0 Å². The summed E-state index contributed by atoms with van der Waals surface area (Å²) in [7, 11) is 0. The van der Waals surface area contributed by atoms with E-state index in [0.29, 0.717) is 11.3 Å². The summed E-state index contributed by atoms with van der Waals surface area (Å²) in [6.45, 7) is 2.72. The average molecular weight is 434 g/mol. The number of carbonyl (C=O) groups is 1. The van der Waals surface area contributed by atoms with E-state index in [2.05, 4.69) is 14.9 Å². The number of hydrogen-bond donors (Lipinski definition) is 1. The first-order valence-electron chi connectivity index (χ1n) is 10.8. The number of rotatable bonds is 6. The molecular formula is C27H23N5O. The van der Waals surface area contributed by atoms with Crippen LogP contribution >= 0.6 is 0 Å². The number of nitrogens with one attached hydrogen (secondary N) is 1. The van der Waals surface area contributed by atoms with Gasteiger partial charge in [-0.3, -0.25) is 4.79 Å². The molecule has 0 atom stereocenters. The quantitative estimate of drug-likeness (QED) is 0.393. The maximum Gasteiger partial charge on any atom is 0.259 e. The van der Waals surface area contributed by atoms with Gasteiger partial charge >= 0.3 is 0 Å². The minimum Gasteiger partial charge on any atom is -0.331 e. The number of aryl methyl sites for hydroxylation is 1. The van der Waals surface area contributed by atoms with Crippen molar-refractivity contribution in [1.29, 1.82) is 0 Å². The Morgan fingerprint density at radius 3 is 2.27 bits per heavy atom. The number of amides is 1. The Balaban J connectivity index is 1.41. The molecule has 0 spiro atoms. The van der Waals surface area contributed by atoms with Crippen LogP contribution in [0.15, 0.2) is 104 Å². The molecule has 0 aliphatic heterocycles. The normalized spacial score (nSPS) is 10.8. The molecule has 6 nitrogen and oxygen atoms in total. The average Bonchev–Trinajstić information content (AvgIpc) is 3.48. The highest BCUT2D eigenvalue weighted by Gasteiger charge is 2.19. The molecule has 162 valence electrons. The van der Waals surface area contributed by atoms with E-state index in [0.717, 1.165) is 34.9 Å². The summed E-state index contributed by atoms with van der Waals surface area (Å²) in [4.78, 5) is 17.5. The van der Waals surface area contributed by atoms with E-state index in [9.17, 15) is 4.79 Å². The van der Waals surface area contributed by atoms with Crippen LogP contribution in [0.5, 0.6) is 0 Å². The Hall–Kier alpha value is -4.45. The molecule has 5 aromatic rings.